The molecule has 0 radical (unpaired) electrons. The predicted molar refractivity (Wildman–Crippen MR) is 103 cm³/mol. The maximum Gasteiger partial charge on any atom is 0.248 e. The largest absolute Gasteiger partial charge is 0.315 e. The van der Waals surface area contributed by atoms with Crippen molar-refractivity contribution in [2.45, 2.75) is 32.2 Å². The van der Waals surface area contributed by atoms with Gasteiger partial charge in [0.05, 0.1) is 5.56 Å². The van der Waals surface area contributed by atoms with Crippen molar-refractivity contribution in [3.05, 3.63) is 45.3 Å². The van der Waals surface area contributed by atoms with Gasteiger partial charge in [-0.3, -0.25) is 4.79 Å². The molecule has 0 saturated carbocycles. The minimum atomic E-state index is -0.287. The van der Waals surface area contributed by atoms with E-state index in [2.05, 4.69) is 26.8 Å². The first kappa shape index (κ1) is 17.6. The fraction of sp³-hybridized carbons (Fsp3) is 0.278. The Labute approximate surface area is 164 Å². The number of amides is 1. The number of carbonyl (C=O) groups excluding carboxylic acids is 1. The fourth-order valence-electron chi connectivity index (χ4n) is 3.09. The SMILES string of the molecule is N#Cc1c(NC(=O)Cn2nnc(-c3ccc(Cl)cc3)n2)sc2c1CCCC2. The van der Waals surface area contributed by atoms with Gasteiger partial charge in [-0.1, -0.05) is 11.6 Å². The minimum Gasteiger partial charge on any atom is -0.315 e. The molecule has 1 aliphatic carbocycles. The van der Waals surface area contributed by atoms with Gasteiger partial charge in [0.2, 0.25) is 11.7 Å². The van der Waals surface area contributed by atoms with Crippen molar-refractivity contribution in [3.8, 4) is 17.5 Å². The monoisotopic (exact) mass is 398 g/mol. The van der Waals surface area contributed by atoms with Gasteiger partial charge in [0.1, 0.15) is 17.6 Å². The Balaban J connectivity index is 1.47. The van der Waals surface area contributed by atoms with Crippen LogP contribution in [0.4, 0.5) is 5.00 Å². The second-order valence-corrected chi connectivity index (χ2v) is 7.77. The molecule has 0 spiro atoms. The van der Waals surface area contributed by atoms with Crippen molar-refractivity contribution in [1.29, 1.82) is 5.26 Å². The maximum atomic E-state index is 12.4. The molecule has 4 rings (SSSR count). The number of carbonyl (C=O) groups is 1. The van der Waals surface area contributed by atoms with E-state index in [0.29, 0.717) is 21.4 Å². The van der Waals surface area contributed by atoms with Crippen LogP contribution in [0.5, 0.6) is 0 Å². The molecule has 2 heterocycles. The molecule has 3 aromatic rings. The summed E-state index contributed by atoms with van der Waals surface area (Å²) in [5.74, 6) is 0.133. The molecule has 27 heavy (non-hydrogen) atoms. The summed E-state index contributed by atoms with van der Waals surface area (Å²) in [4.78, 5) is 14.8. The van der Waals surface area contributed by atoms with Crippen LogP contribution in [0.3, 0.4) is 0 Å². The second kappa shape index (κ2) is 7.47. The Morgan fingerprint density at radius 3 is 2.85 bits per heavy atom. The quantitative estimate of drug-likeness (QED) is 0.726. The number of tetrazole rings is 1. The van der Waals surface area contributed by atoms with Crippen LogP contribution in [0, 0.1) is 11.3 Å². The van der Waals surface area contributed by atoms with E-state index in [4.69, 9.17) is 11.6 Å². The van der Waals surface area contributed by atoms with Crippen LogP contribution in [0.25, 0.3) is 11.4 Å². The highest BCUT2D eigenvalue weighted by atomic mass is 35.5. The standard InChI is InChI=1S/C18H15ClN6OS/c19-12-7-5-11(6-8-12)17-22-24-25(23-17)10-16(26)21-18-14(9-20)13-3-1-2-4-15(13)27-18/h5-8H,1-4,10H2,(H,21,26). The molecular weight excluding hydrogens is 384 g/mol. The molecule has 1 N–H and O–H groups in total. The average Bonchev–Trinajstić information content (AvgIpc) is 3.26. The number of halogens is 1. The Morgan fingerprint density at radius 1 is 1.30 bits per heavy atom. The van der Waals surface area contributed by atoms with Crippen molar-refractivity contribution >= 4 is 33.8 Å². The van der Waals surface area contributed by atoms with Crippen molar-refractivity contribution in [3.63, 3.8) is 0 Å². The molecule has 1 amide bonds. The number of fused-ring (bicyclic) bond motifs is 1. The number of hydrogen-bond acceptors (Lipinski definition) is 6. The normalized spacial score (nSPS) is 13.0. The Bertz CT molecular complexity index is 1030. The number of anilines is 1. The first-order valence-corrected chi connectivity index (χ1v) is 9.71. The summed E-state index contributed by atoms with van der Waals surface area (Å²) in [6, 6.07) is 9.30. The minimum absolute atomic E-state index is 0.0754. The molecule has 0 atom stereocenters. The predicted octanol–water partition coefficient (Wildman–Crippen LogP) is 3.44. The van der Waals surface area contributed by atoms with Crippen LogP contribution < -0.4 is 5.32 Å². The van der Waals surface area contributed by atoms with Crippen LogP contribution in [0.1, 0.15) is 28.8 Å². The van der Waals surface area contributed by atoms with Gasteiger partial charge in [0.15, 0.2) is 0 Å². The number of rotatable bonds is 4. The van der Waals surface area contributed by atoms with Crippen LogP contribution in [0.15, 0.2) is 24.3 Å². The van der Waals surface area contributed by atoms with Crippen molar-refractivity contribution in [2.24, 2.45) is 0 Å². The smallest absolute Gasteiger partial charge is 0.248 e. The van der Waals surface area contributed by atoms with Crippen LogP contribution in [-0.4, -0.2) is 26.1 Å². The van der Waals surface area contributed by atoms with E-state index in [1.807, 2.05) is 0 Å². The second-order valence-electron chi connectivity index (χ2n) is 6.23. The van der Waals surface area contributed by atoms with E-state index >= 15 is 0 Å². The number of aromatic nitrogens is 4. The van der Waals surface area contributed by atoms with Crippen LogP contribution in [0.2, 0.25) is 5.02 Å². The lowest BCUT2D eigenvalue weighted by Gasteiger charge is -2.09. The van der Waals surface area contributed by atoms with E-state index in [1.165, 1.54) is 21.0 Å². The summed E-state index contributed by atoms with van der Waals surface area (Å²) < 4.78 is 0. The van der Waals surface area contributed by atoms with E-state index in [-0.39, 0.29) is 12.5 Å². The zero-order chi connectivity index (χ0) is 18.8. The summed E-state index contributed by atoms with van der Waals surface area (Å²) >= 11 is 7.37. The van der Waals surface area contributed by atoms with Gasteiger partial charge in [-0.2, -0.15) is 10.1 Å². The molecule has 1 aliphatic rings. The van der Waals surface area contributed by atoms with Gasteiger partial charge in [-0.25, -0.2) is 0 Å². The van der Waals surface area contributed by atoms with E-state index in [1.54, 1.807) is 24.3 Å². The van der Waals surface area contributed by atoms with E-state index in [9.17, 15) is 10.1 Å². The summed E-state index contributed by atoms with van der Waals surface area (Å²) in [6.45, 7) is -0.0754. The van der Waals surface area contributed by atoms with Crippen molar-refractivity contribution in [2.75, 3.05) is 5.32 Å². The van der Waals surface area contributed by atoms with Gasteiger partial charge in [-0.15, -0.1) is 21.5 Å². The lowest BCUT2D eigenvalue weighted by Crippen LogP contribution is -2.20. The molecule has 2 aromatic heterocycles. The molecule has 7 nitrogen and oxygen atoms in total. The molecule has 0 aliphatic heterocycles. The molecule has 0 unspecified atom stereocenters. The fourth-order valence-corrected chi connectivity index (χ4v) is 4.47. The van der Waals surface area contributed by atoms with Crippen molar-refractivity contribution in [1.82, 2.24) is 20.2 Å². The zero-order valence-corrected chi connectivity index (χ0v) is 15.8. The van der Waals surface area contributed by atoms with Gasteiger partial charge in [0.25, 0.3) is 0 Å². The number of nitriles is 1. The lowest BCUT2D eigenvalue weighted by molar-refractivity contribution is -0.117. The summed E-state index contributed by atoms with van der Waals surface area (Å²) in [5.41, 5.74) is 2.45. The van der Waals surface area contributed by atoms with E-state index < -0.39 is 0 Å². The molecule has 9 heteroatoms. The number of thiophene rings is 1. The first-order chi connectivity index (χ1) is 13.1. The van der Waals surface area contributed by atoms with E-state index in [0.717, 1.165) is 36.8 Å². The average molecular weight is 399 g/mol. The highest BCUT2D eigenvalue weighted by Crippen LogP contribution is 2.37. The topological polar surface area (TPSA) is 96.5 Å². The highest BCUT2D eigenvalue weighted by Gasteiger charge is 2.22. The zero-order valence-electron chi connectivity index (χ0n) is 14.3. The molecule has 136 valence electrons. The molecule has 0 fully saturated rings. The third-order valence-electron chi connectivity index (χ3n) is 4.38. The maximum absolute atomic E-state index is 12.4. The van der Waals surface area contributed by atoms with Gasteiger partial charge in [0, 0.05) is 15.5 Å². The van der Waals surface area contributed by atoms with Crippen LogP contribution in [-0.2, 0) is 24.2 Å². The summed E-state index contributed by atoms with van der Waals surface area (Å²) in [7, 11) is 0. The number of hydrogen-bond donors (Lipinski definition) is 1. The Morgan fingerprint density at radius 2 is 2.07 bits per heavy atom. The third-order valence-corrected chi connectivity index (χ3v) is 5.84. The summed E-state index contributed by atoms with van der Waals surface area (Å²) in [6.07, 6.45) is 4.09. The first-order valence-electron chi connectivity index (χ1n) is 8.52. The third kappa shape index (κ3) is 3.70. The van der Waals surface area contributed by atoms with Gasteiger partial charge < -0.3 is 5.32 Å². The molecule has 1 aromatic carbocycles. The molecule has 0 saturated heterocycles. The number of nitrogens with zero attached hydrogens (tertiary/aromatic N) is 5. The van der Waals surface area contributed by atoms with Crippen LogP contribution >= 0.6 is 22.9 Å². The lowest BCUT2D eigenvalue weighted by atomic mass is 9.96. The summed E-state index contributed by atoms with van der Waals surface area (Å²) in [5, 5.41) is 25.7. The Kier molecular flexibility index (Phi) is 4.88. The van der Waals surface area contributed by atoms with Gasteiger partial charge >= 0.3 is 0 Å². The highest BCUT2D eigenvalue weighted by molar-refractivity contribution is 7.16. The number of benzene rings is 1. The van der Waals surface area contributed by atoms with Crippen molar-refractivity contribution < 1.29 is 4.79 Å². The number of nitrogens with one attached hydrogen (secondary N) is 1. The Hall–Kier alpha value is -2.76. The molecular formula is C18H15ClN6OS. The number of aryl methyl sites for hydroxylation is 1. The van der Waals surface area contributed by atoms with Gasteiger partial charge in [-0.05, 0) is 60.7 Å². The molecule has 0 bridgehead atoms.